The number of nitrogens with zero attached hydrogens (tertiary/aromatic N) is 5. The number of rotatable bonds is 4. The summed E-state index contributed by atoms with van der Waals surface area (Å²) >= 11 is 0. The quantitative estimate of drug-likeness (QED) is 0.645. The fourth-order valence-electron chi connectivity index (χ4n) is 3.61. The first kappa shape index (κ1) is 19.9. The van der Waals surface area contributed by atoms with Crippen molar-refractivity contribution in [3.05, 3.63) is 53.4 Å². The zero-order valence-corrected chi connectivity index (χ0v) is 17.0. The molecule has 7 nitrogen and oxygen atoms in total. The molecule has 1 aliphatic heterocycles. The summed E-state index contributed by atoms with van der Waals surface area (Å²) in [6.07, 6.45) is 1.81. The summed E-state index contributed by atoms with van der Waals surface area (Å²) in [4.78, 5) is 6.39. The highest BCUT2D eigenvalue weighted by Gasteiger charge is 2.29. The third kappa shape index (κ3) is 3.75. The van der Waals surface area contributed by atoms with Gasteiger partial charge in [-0.3, -0.25) is 9.58 Å². The van der Waals surface area contributed by atoms with Gasteiger partial charge in [-0.25, -0.2) is 22.2 Å². The fourth-order valence-corrected chi connectivity index (χ4v) is 5.04. The van der Waals surface area contributed by atoms with E-state index in [4.69, 9.17) is 0 Å². The van der Waals surface area contributed by atoms with Gasteiger partial charge >= 0.3 is 0 Å². The second-order valence-corrected chi connectivity index (χ2v) is 9.12. The van der Waals surface area contributed by atoms with Crippen molar-refractivity contribution in [1.82, 2.24) is 24.0 Å². The molecule has 10 heteroatoms. The average Bonchev–Trinajstić information content (AvgIpc) is 2.98. The molecule has 154 valence electrons. The Morgan fingerprint density at radius 3 is 2.48 bits per heavy atom. The predicted octanol–water partition coefficient (Wildman–Crippen LogP) is 2.06. The van der Waals surface area contributed by atoms with E-state index in [1.54, 1.807) is 4.68 Å². The lowest BCUT2D eigenvalue weighted by atomic mass is 10.2. The molecule has 0 amide bonds. The summed E-state index contributed by atoms with van der Waals surface area (Å²) in [7, 11) is -2.00. The number of hydrogen-bond donors (Lipinski definition) is 0. The van der Waals surface area contributed by atoms with Gasteiger partial charge in [-0.15, -0.1) is 0 Å². The molecule has 0 unspecified atom stereocenters. The Morgan fingerprint density at radius 1 is 1.07 bits per heavy atom. The number of benzene rings is 1. The highest BCUT2D eigenvalue weighted by Crippen LogP contribution is 2.21. The molecule has 0 bridgehead atoms. The highest BCUT2D eigenvalue weighted by atomic mass is 32.2. The van der Waals surface area contributed by atoms with E-state index in [0.29, 0.717) is 19.6 Å². The molecule has 1 fully saturated rings. The first-order valence-corrected chi connectivity index (χ1v) is 10.7. The summed E-state index contributed by atoms with van der Waals surface area (Å²) < 4.78 is 55.0. The van der Waals surface area contributed by atoms with Gasteiger partial charge in [-0.2, -0.15) is 9.40 Å². The molecule has 0 spiro atoms. The van der Waals surface area contributed by atoms with Crippen LogP contribution in [0.2, 0.25) is 0 Å². The maximum atomic E-state index is 13.4. The molecule has 29 heavy (non-hydrogen) atoms. The number of fused-ring (bicyclic) bond motifs is 1. The fraction of sp³-hybridized carbons (Fsp3) is 0.368. The number of piperazine rings is 1. The molecule has 1 aromatic carbocycles. The monoisotopic (exact) mass is 421 g/mol. The van der Waals surface area contributed by atoms with E-state index in [1.165, 1.54) is 4.31 Å². The molecule has 2 aromatic heterocycles. The molecule has 3 aromatic rings. The van der Waals surface area contributed by atoms with Gasteiger partial charge in [-0.05, 0) is 36.8 Å². The number of pyridine rings is 1. The van der Waals surface area contributed by atoms with Crippen LogP contribution in [0.5, 0.6) is 0 Å². The summed E-state index contributed by atoms with van der Waals surface area (Å²) in [5, 5.41) is 5.38. The summed E-state index contributed by atoms with van der Waals surface area (Å²) in [6.45, 7) is 4.22. The minimum absolute atomic E-state index is 0.230. The van der Waals surface area contributed by atoms with Crippen LogP contribution in [0.25, 0.3) is 11.0 Å². The zero-order chi connectivity index (χ0) is 20.8. The first-order valence-electron chi connectivity index (χ1n) is 9.21. The van der Waals surface area contributed by atoms with Crippen LogP contribution in [0.15, 0.2) is 35.4 Å². The molecule has 4 rings (SSSR count). The third-order valence-corrected chi connectivity index (χ3v) is 7.08. The van der Waals surface area contributed by atoms with Crippen LogP contribution < -0.4 is 0 Å². The molecule has 3 heterocycles. The summed E-state index contributed by atoms with van der Waals surface area (Å²) in [5.74, 6) is -2.23. The van der Waals surface area contributed by atoms with E-state index in [0.717, 1.165) is 40.5 Å². The van der Waals surface area contributed by atoms with Crippen LogP contribution in [0, 0.1) is 18.6 Å². The number of halogens is 2. The minimum atomic E-state index is -3.85. The molecule has 1 saturated heterocycles. The maximum Gasteiger partial charge on any atom is 0.243 e. The average molecular weight is 421 g/mol. The van der Waals surface area contributed by atoms with Gasteiger partial charge in [0.25, 0.3) is 0 Å². The van der Waals surface area contributed by atoms with Crippen molar-refractivity contribution in [2.24, 2.45) is 7.05 Å². The highest BCUT2D eigenvalue weighted by molar-refractivity contribution is 7.89. The van der Waals surface area contributed by atoms with Crippen molar-refractivity contribution >= 4 is 21.1 Å². The second kappa shape index (κ2) is 7.43. The van der Waals surface area contributed by atoms with Crippen molar-refractivity contribution in [3.8, 4) is 0 Å². The standard InChI is InChI=1S/C19H21F2N5O2S/c1-13-16-9-14(11-22-19(16)24(2)23-13)12-25-5-7-26(8-6-25)29(27,28)15-3-4-17(20)18(21)10-15/h3-4,9-11H,5-8,12H2,1-2H3. The van der Waals surface area contributed by atoms with Crippen molar-refractivity contribution in [3.63, 3.8) is 0 Å². The Bertz CT molecular complexity index is 1170. The molecular formula is C19H21F2N5O2S. The number of hydrogen-bond acceptors (Lipinski definition) is 5. The van der Waals surface area contributed by atoms with Crippen LogP contribution in [0.3, 0.4) is 0 Å². The third-order valence-electron chi connectivity index (χ3n) is 5.19. The van der Waals surface area contributed by atoms with E-state index < -0.39 is 21.7 Å². The van der Waals surface area contributed by atoms with Crippen LogP contribution in [0.4, 0.5) is 8.78 Å². The summed E-state index contributed by atoms with van der Waals surface area (Å²) in [6, 6.07) is 4.72. The molecule has 0 atom stereocenters. The SMILES string of the molecule is Cc1nn(C)c2ncc(CN3CCN(S(=O)(=O)c4ccc(F)c(F)c4)CC3)cc12. The lowest BCUT2D eigenvalue weighted by Crippen LogP contribution is -2.48. The topological polar surface area (TPSA) is 71.3 Å². The Hall–Kier alpha value is -2.43. The van der Waals surface area contributed by atoms with Crippen molar-refractivity contribution in [1.29, 1.82) is 0 Å². The predicted molar refractivity (Wildman–Crippen MR) is 104 cm³/mol. The molecular weight excluding hydrogens is 400 g/mol. The Labute approximate surface area is 167 Å². The minimum Gasteiger partial charge on any atom is -0.296 e. The van der Waals surface area contributed by atoms with E-state index in [1.807, 2.05) is 20.2 Å². The Morgan fingerprint density at radius 2 is 1.79 bits per heavy atom. The zero-order valence-electron chi connectivity index (χ0n) is 16.1. The van der Waals surface area contributed by atoms with Crippen LogP contribution in [0.1, 0.15) is 11.3 Å². The number of sulfonamides is 1. The van der Waals surface area contributed by atoms with Gasteiger partial charge in [0.1, 0.15) is 0 Å². The smallest absolute Gasteiger partial charge is 0.243 e. The van der Waals surface area contributed by atoms with Crippen LogP contribution in [-0.4, -0.2) is 58.6 Å². The van der Waals surface area contributed by atoms with Crippen LogP contribution in [-0.2, 0) is 23.6 Å². The van der Waals surface area contributed by atoms with E-state index in [2.05, 4.69) is 21.0 Å². The largest absolute Gasteiger partial charge is 0.296 e. The lowest BCUT2D eigenvalue weighted by molar-refractivity contribution is 0.181. The second-order valence-electron chi connectivity index (χ2n) is 7.18. The molecule has 0 N–H and O–H groups in total. The Balaban J connectivity index is 1.44. The number of aromatic nitrogens is 3. The van der Waals surface area contributed by atoms with Gasteiger partial charge < -0.3 is 0 Å². The first-order chi connectivity index (χ1) is 13.8. The molecule has 0 aliphatic carbocycles. The molecule has 0 saturated carbocycles. The summed E-state index contributed by atoms with van der Waals surface area (Å²) in [5.41, 5.74) is 2.78. The van der Waals surface area contributed by atoms with Gasteiger partial charge in [0.15, 0.2) is 17.3 Å². The van der Waals surface area contributed by atoms with Gasteiger partial charge in [0, 0.05) is 51.4 Å². The lowest BCUT2D eigenvalue weighted by Gasteiger charge is -2.34. The van der Waals surface area contributed by atoms with E-state index in [9.17, 15) is 17.2 Å². The number of aryl methyl sites for hydroxylation is 2. The van der Waals surface area contributed by atoms with Crippen molar-refractivity contribution < 1.29 is 17.2 Å². The Kier molecular flexibility index (Phi) is 5.09. The van der Waals surface area contributed by atoms with Gasteiger partial charge in [-0.1, -0.05) is 0 Å². The molecule has 1 aliphatic rings. The van der Waals surface area contributed by atoms with E-state index in [-0.39, 0.29) is 18.0 Å². The maximum absolute atomic E-state index is 13.4. The molecule has 0 radical (unpaired) electrons. The van der Waals surface area contributed by atoms with Gasteiger partial charge in [0.05, 0.1) is 10.6 Å². The van der Waals surface area contributed by atoms with E-state index >= 15 is 0 Å². The van der Waals surface area contributed by atoms with Gasteiger partial charge in [0.2, 0.25) is 10.0 Å². The normalized spacial score (nSPS) is 16.6. The van der Waals surface area contributed by atoms with Crippen molar-refractivity contribution in [2.45, 2.75) is 18.4 Å². The van der Waals surface area contributed by atoms with Crippen LogP contribution >= 0.6 is 0 Å². The van der Waals surface area contributed by atoms with Crippen molar-refractivity contribution in [2.75, 3.05) is 26.2 Å².